The average Bonchev–Trinajstić information content (AvgIpc) is 3.30. The number of carbonyl (C=O) groups excluding carboxylic acids is 1. The van der Waals surface area contributed by atoms with E-state index in [1.807, 2.05) is 61.5 Å². The minimum Gasteiger partial charge on any atom is -0.368 e. The molecule has 3 aromatic carbocycles. The molecule has 1 saturated heterocycles. The molecule has 33 heavy (non-hydrogen) atoms. The van der Waals surface area contributed by atoms with Crippen LogP contribution < -0.4 is 4.90 Å². The van der Waals surface area contributed by atoms with Crippen LogP contribution in [0.4, 0.5) is 10.1 Å². The van der Waals surface area contributed by atoms with E-state index in [1.54, 1.807) is 21.7 Å². The molecule has 0 N–H and O–H groups in total. The van der Waals surface area contributed by atoms with Crippen molar-refractivity contribution in [3.8, 4) is 17.1 Å². The lowest BCUT2D eigenvalue weighted by Crippen LogP contribution is -2.49. The Kier molecular flexibility index (Phi) is 5.60. The lowest BCUT2D eigenvalue weighted by Gasteiger charge is -2.35. The molecule has 0 saturated carbocycles. The number of anilines is 1. The number of hydrogen-bond acceptors (Lipinski definition) is 4. The summed E-state index contributed by atoms with van der Waals surface area (Å²) in [4.78, 5) is 21.9. The zero-order valence-electron chi connectivity index (χ0n) is 18.4. The van der Waals surface area contributed by atoms with Gasteiger partial charge >= 0.3 is 0 Å². The van der Waals surface area contributed by atoms with Gasteiger partial charge in [0.2, 0.25) is 5.82 Å². The first-order chi connectivity index (χ1) is 16.1. The molecular weight excluding hydrogens is 417 g/mol. The molecule has 0 spiro atoms. The van der Waals surface area contributed by atoms with E-state index in [1.165, 1.54) is 12.1 Å². The smallest absolute Gasteiger partial charge is 0.293 e. The van der Waals surface area contributed by atoms with Crippen LogP contribution in [0.2, 0.25) is 0 Å². The molecule has 1 aliphatic heterocycles. The number of halogens is 1. The first-order valence-electron chi connectivity index (χ1n) is 11.0. The number of nitrogens with zero attached hydrogens (tertiary/aromatic N) is 5. The first kappa shape index (κ1) is 20.9. The monoisotopic (exact) mass is 441 g/mol. The Bertz CT molecular complexity index is 1260. The predicted octanol–water partition coefficient (Wildman–Crippen LogP) is 4.34. The minimum atomic E-state index is -0.253. The van der Waals surface area contributed by atoms with Crippen molar-refractivity contribution in [2.75, 3.05) is 31.1 Å². The summed E-state index contributed by atoms with van der Waals surface area (Å²) in [5.74, 6) is 0.384. The highest BCUT2D eigenvalue weighted by atomic mass is 19.1. The summed E-state index contributed by atoms with van der Waals surface area (Å²) in [5.41, 5.74) is 3.82. The summed E-state index contributed by atoms with van der Waals surface area (Å²) < 4.78 is 15.0. The zero-order valence-corrected chi connectivity index (χ0v) is 18.4. The van der Waals surface area contributed by atoms with E-state index in [2.05, 4.69) is 15.0 Å². The number of aryl methyl sites for hydroxylation is 1. The molecule has 0 atom stereocenters. The maximum absolute atomic E-state index is 13.3. The number of aromatic nitrogens is 3. The Morgan fingerprint density at radius 1 is 0.848 bits per heavy atom. The molecule has 0 aliphatic carbocycles. The van der Waals surface area contributed by atoms with Crippen LogP contribution in [-0.2, 0) is 0 Å². The third kappa shape index (κ3) is 4.35. The van der Waals surface area contributed by atoms with Crippen LogP contribution in [0.25, 0.3) is 17.1 Å². The van der Waals surface area contributed by atoms with Gasteiger partial charge in [-0.1, -0.05) is 42.5 Å². The van der Waals surface area contributed by atoms with Crippen LogP contribution in [0.5, 0.6) is 0 Å². The molecule has 0 unspecified atom stereocenters. The summed E-state index contributed by atoms with van der Waals surface area (Å²) in [7, 11) is 0. The van der Waals surface area contributed by atoms with Gasteiger partial charge in [-0.15, -0.1) is 5.10 Å². The van der Waals surface area contributed by atoms with Crippen molar-refractivity contribution >= 4 is 11.6 Å². The molecule has 0 bridgehead atoms. The van der Waals surface area contributed by atoms with Crippen LogP contribution in [0.15, 0.2) is 78.9 Å². The van der Waals surface area contributed by atoms with Gasteiger partial charge in [0.15, 0.2) is 5.82 Å². The molecule has 4 aromatic rings. The number of carbonyl (C=O) groups is 1. The molecule has 5 rings (SSSR count). The van der Waals surface area contributed by atoms with E-state index >= 15 is 0 Å². The first-order valence-corrected chi connectivity index (χ1v) is 11.0. The summed E-state index contributed by atoms with van der Waals surface area (Å²) in [5, 5.41) is 4.62. The molecule has 7 heteroatoms. The van der Waals surface area contributed by atoms with Gasteiger partial charge in [0, 0.05) is 37.4 Å². The molecule has 166 valence electrons. The Morgan fingerprint density at radius 3 is 2.27 bits per heavy atom. The maximum atomic E-state index is 13.3. The van der Waals surface area contributed by atoms with Crippen molar-refractivity contribution in [1.29, 1.82) is 0 Å². The minimum absolute atomic E-state index is 0.183. The molecule has 2 heterocycles. The molecule has 6 nitrogen and oxygen atoms in total. The van der Waals surface area contributed by atoms with Gasteiger partial charge in [-0.2, -0.15) is 0 Å². The lowest BCUT2D eigenvalue weighted by atomic mass is 10.2. The number of rotatable bonds is 4. The normalized spacial score (nSPS) is 13.9. The fraction of sp³-hybridized carbons (Fsp3) is 0.192. The highest BCUT2D eigenvalue weighted by Gasteiger charge is 2.27. The molecule has 0 radical (unpaired) electrons. The summed E-state index contributed by atoms with van der Waals surface area (Å²) in [6.45, 7) is 4.46. The van der Waals surface area contributed by atoms with Gasteiger partial charge in [0.1, 0.15) is 5.82 Å². The van der Waals surface area contributed by atoms with Gasteiger partial charge in [0.25, 0.3) is 5.91 Å². The van der Waals surface area contributed by atoms with Crippen LogP contribution in [0.3, 0.4) is 0 Å². The van der Waals surface area contributed by atoms with Crippen LogP contribution in [0, 0.1) is 12.7 Å². The fourth-order valence-electron chi connectivity index (χ4n) is 4.08. The largest absolute Gasteiger partial charge is 0.368 e. The van der Waals surface area contributed by atoms with Crippen molar-refractivity contribution in [2.24, 2.45) is 0 Å². The standard InChI is InChI=1S/C26H24FN5O/c1-19-6-5-9-23(18-19)32-25(20-7-3-2-4-8-20)28-24(29-32)26(33)31-16-14-30(15-17-31)22-12-10-21(27)11-13-22/h2-13,18H,14-17H2,1H3. The van der Waals surface area contributed by atoms with E-state index in [0.29, 0.717) is 32.0 Å². The third-order valence-electron chi connectivity index (χ3n) is 5.84. The Labute approximate surface area is 191 Å². The van der Waals surface area contributed by atoms with Crippen molar-refractivity contribution in [2.45, 2.75) is 6.92 Å². The van der Waals surface area contributed by atoms with Crippen molar-refractivity contribution in [3.63, 3.8) is 0 Å². The molecular formula is C26H24FN5O. The van der Waals surface area contributed by atoms with Crippen molar-refractivity contribution in [1.82, 2.24) is 19.7 Å². The van der Waals surface area contributed by atoms with Gasteiger partial charge < -0.3 is 9.80 Å². The Morgan fingerprint density at radius 2 is 1.58 bits per heavy atom. The number of amides is 1. The van der Waals surface area contributed by atoms with E-state index in [4.69, 9.17) is 0 Å². The highest BCUT2D eigenvalue weighted by molar-refractivity contribution is 5.91. The molecule has 1 aromatic heterocycles. The lowest BCUT2D eigenvalue weighted by molar-refractivity contribution is 0.0734. The van der Waals surface area contributed by atoms with Crippen LogP contribution >= 0.6 is 0 Å². The highest BCUT2D eigenvalue weighted by Crippen LogP contribution is 2.23. The van der Waals surface area contributed by atoms with E-state index in [0.717, 1.165) is 22.5 Å². The second kappa shape index (κ2) is 8.86. The second-order valence-corrected chi connectivity index (χ2v) is 8.13. The second-order valence-electron chi connectivity index (χ2n) is 8.13. The Balaban J connectivity index is 1.40. The zero-order chi connectivity index (χ0) is 22.8. The summed E-state index contributed by atoms with van der Waals surface area (Å²) >= 11 is 0. The number of hydrogen-bond donors (Lipinski definition) is 0. The van der Waals surface area contributed by atoms with E-state index in [-0.39, 0.29) is 17.5 Å². The maximum Gasteiger partial charge on any atom is 0.293 e. The topological polar surface area (TPSA) is 54.3 Å². The SMILES string of the molecule is Cc1cccc(-n2nc(C(=O)N3CCN(c4ccc(F)cc4)CC3)nc2-c2ccccc2)c1. The predicted molar refractivity (Wildman–Crippen MR) is 126 cm³/mol. The van der Waals surface area contributed by atoms with Crippen LogP contribution in [0.1, 0.15) is 16.2 Å². The van der Waals surface area contributed by atoms with Gasteiger partial charge in [-0.25, -0.2) is 14.1 Å². The van der Waals surface area contributed by atoms with Gasteiger partial charge in [0.05, 0.1) is 5.69 Å². The fourth-order valence-corrected chi connectivity index (χ4v) is 4.08. The molecule has 1 aliphatic rings. The molecule has 1 fully saturated rings. The summed E-state index contributed by atoms with van der Waals surface area (Å²) in [6.07, 6.45) is 0. The van der Waals surface area contributed by atoms with Gasteiger partial charge in [-0.3, -0.25) is 4.79 Å². The Hall–Kier alpha value is -4.00. The summed E-state index contributed by atoms with van der Waals surface area (Å²) in [6, 6.07) is 24.2. The molecule has 1 amide bonds. The van der Waals surface area contributed by atoms with Crippen molar-refractivity contribution in [3.05, 3.63) is 96.1 Å². The quantitative estimate of drug-likeness (QED) is 0.473. The van der Waals surface area contributed by atoms with Crippen LogP contribution in [-0.4, -0.2) is 51.8 Å². The van der Waals surface area contributed by atoms with Gasteiger partial charge in [-0.05, 0) is 48.9 Å². The van der Waals surface area contributed by atoms with E-state index in [9.17, 15) is 9.18 Å². The third-order valence-corrected chi connectivity index (χ3v) is 5.84. The van der Waals surface area contributed by atoms with Crippen molar-refractivity contribution < 1.29 is 9.18 Å². The number of piperazine rings is 1. The number of benzene rings is 3. The van der Waals surface area contributed by atoms with E-state index < -0.39 is 0 Å². The average molecular weight is 442 g/mol.